The summed E-state index contributed by atoms with van der Waals surface area (Å²) in [5.74, 6) is 0. The molecule has 6 heteroatoms. The zero-order chi connectivity index (χ0) is 17.1. The van der Waals surface area contributed by atoms with E-state index in [2.05, 4.69) is 0 Å². The van der Waals surface area contributed by atoms with Crippen molar-refractivity contribution in [2.24, 2.45) is 0 Å². The first kappa shape index (κ1) is 15.9. The second-order valence-electron chi connectivity index (χ2n) is 5.21. The van der Waals surface area contributed by atoms with Gasteiger partial charge in [0.15, 0.2) is 0 Å². The van der Waals surface area contributed by atoms with Crippen LogP contribution in [0.3, 0.4) is 0 Å². The number of hydrogen-bond acceptors (Lipinski definition) is 2. The highest BCUT2D eigenvalue weighted by Crippen LogP contribution is 2.19. The van der Waals surface area contributed by atoms with E-state index in [1.54, 1.807) is 36.4 Å². The highest BCUT2D eigenvalue weighted by atomic mass is 19.1. The normalized spacial score (nSPS) is 13.4. The van der Waals surface area contributed by atoms with Crippen LogP contribution in [-0.2, 0) is 0 Å². The molecule has 0 radical (unpaired) electrons. The van der Waals surface area contributed by atoms with Crippen molar-refractivity contribution in [3.63, 3.8) is 0 Å². The number of benzene rings is 2. The van der Waals surface area contributed by atoms with Gasteiger partial charge < -0.3 is 0 Å². The van der Waals surface area contributed by atoms with Crippen LogP contribution in [0, 0.1) is 0 Å². The number of aromatic nitrogens is 2. The summed E-state index contributed by atoms with van der Waals surface area (Å²) in [5, 5.41) is 0. The van der Waals surface area contributed by atoms with Crippen LogP contribution in [0.2, 0.25) is 0 Å². The van der Waals surface area contributed by atoms with Crippen molar-refractivity contribution in [1.29, 1.82) is 0 Å². The van der Waals surface area contributed by atoms with Gasteiger partial charge in [0, 0.05) is 23.4 Å². The monoisotopic (exact) mass is 328 g/mol. The van der Waals surface area contributed by atoms with Crippen molar-refractivity contribution in [1.82, 2.24) is 9.13 Å². The first-order valence-electron chi connectivity index (χ1n) is 7.31. The van der Waals surface area contributed by atoms with Crippen molar-refractivity contribution in [3.05, 3.63) is 105 Å². The summed E-state index contributed by atoms with van der Waals surface area (Å²) in [7, 11) is 0. The van der Waals surface area contributed by atoms with Crippen molar-refractivity contribution < 1.29 is 8.78 Å². The third-order valence-corrected chi connectivity index (χ3v) is 3.66. The van der Waals surface area contributed by atoms with Gasteiger partial charge in [-0.3, -0.25) is 9.36 Å². The molecular formula is C18H14F2N2O2. The van der Waals surface area contributed by atoms with Gasteiger partial charge in [0.05, 0.1) is 0 Å². The molecule has 0 fully saturated rings. The standard InChI is InChI=1S/C18H14F2N2O2/c19-16(13-7-3-1-4-8-13)21-12-11-15(23)22(18(21)24)17(20)14-9-5-2-6-10-14/h1-12,16-17H. The zero-order valence-electron chi connectivity index (χ0n) is 12.5. The molecule has 2 aromatic carbocycles. The lowest BCUT2D eigenvalue weighted by atomic mass is 10.2. The van der Waals surface area contributed by atoms with Gasteiger partial charge in [-0.15, -0.1) is 0 Å². The maximum Gasteiger partial charge on any atom is 0.336 e. The second kappa shape index (κ2) is 6.62. The van der Waals surface area contributed by atoms with Crippen LogP contribution in [0.5, 0.6) is 0 Å². The Balaban J connectivity index is 2.09. The molecule has 3 rings (SSSR count). The summed E-state index contributed by atoms with van der Waals surface area (Å²) in [4.78, 5) is 24.4. The van der Waals surface area contributed by atoms with Gasteiger partial charge in [-0.1, -0.05) is 60.7 Å². The molecule has 1 heterocycles. The molecule has 0 saturated heterocycles. The van der Waals surface area contributed by atoms with Crippen LogP contribution < -0.4 is 11.2 Å². The molecule has 24 heavy (non-hydrogen) atoms. The highest BCUT2D eigenvalue weighted by Gasteiger charge is 2.21. The van der Waals surface area contributed by atoms with Gasteiger partial charge >= 0.3 is 5.69 Å². The van der Waals surface area contributed by atoms with Gasteiger partial charge in [-0.05, 0) is 0 Å². The fourth-order valence-corrected chi connectivity index (χ4v) is 2.42. The smallest absolute Gasteiger partial charge is 0.269 e. The first-order valence-corrected chi connectivity index (χ1v) is 7.31. The number of hydrogen-bond donors (Lipinski definition) is 0. The molecule has 0 saturated carbocycles. The highest BCUT2D eigenvalue weighted by molar-refractivity contribution is 5.19. The molecule has 1 aromatic heterocycles. The Bertz CT molecular complexity index is 936. The van der Waals surface area contributed by atoms with Gasteiger partial charge in [-0.2, -0.15) is 0 Å². The van der Waals surface area contributed by atoms with E-state index in [4.69, 9.17) is 0 Å². The van der Waals surface area contributed by atoms with Gasteiger partial charge in [0.25, 0.3) is 5.56 Å². The largest absolute Gasteiger partial charge is 0.336 e. The second-order valence-corrected chi connectivity index (χ2v) is 5.21. The molecule has 0 spiro atoms. The molecule has 2 unspecified atom stereocenters. The summed E-state index contributed by atoms with van der Waals surface area (Å²) >= 11 is 0. The van der Waals surface area contributed by atoms with Crippen molar-refractivity contribution in [2.75, 3.05) is 0 Å². The van der Waals surface area contributed by atoms with Gasteiger partial charge in [0.2, 0.25) is 12.6 Å². The molecule has 0 aliphatic heterocycles. The van der Waals surface area contributed by atoms with Crippen LogP contribution in [0.1, 0.15) is 23.7 Å². The predicted molar refractivity (Wildman–Crippen MR) is 86.3 cm³/mol. The lowest BCUT2D eigenvalue weighted by Crippen LogP contribution is -2.41. The summed E-state index contributed by atoms with van der Waals surface area (Å²) in [6.07, 6.45) is -2.76. The predicted octanol–water partition coefficient (Wildman–Crippen LogP) is 3.04. The number of alkyl halides is 2. The van der Waals surface area contributed by atoms with Crippen molar-refractivity contribution in [3.8, 4) is 0 Å². The lowest BCUT2D eigenvalue weighted by molar-refractivity contribution is 0.242. The van der Waals surface area contributed by atoms with E-state index >= 15 is 0 Å². The van der Waals surface area contributed by atoms with Crippen molar-refractivity contribution >= 4 is 0 Å². The topological polar surface area (TPSA) is 44.0 Å². The van der Waals surface area contributed by atoms with E-state index in [-0.39, 0.29) is 11.1 Å². The SMILES string of the molecule is O=c1ccn(C(F)c2ccccc2)c(=O)n1C(F)c1ccccc1. The Morgan fingerprint density at radius 1 is 0.708 bits per heavy atom. The molecule has 0 aliphatic carbocycles. The molecule has 0 amide bonds. The van der Waals surface area contributed by atoms with E-state index in [1.165, 1.54) is 24.3 Å². The van der Waals surface area contributed by atoms with Crippen LogP contribution in [0.4, 0.5) is 8.78 Å². The van der Waals surface area contributed by atoms with E-state index in [0.717, 1.165) is 12.3 Å². The minimum absolute atomic E-state index is 0.143. The Morgan fingerprint density at radius 2 is 1.21 bits per heavy atom. The summed E-state index contributed by atoms with van der Waals surface area (Å²) in [5.41, 5.74) is -1.49. The third-order valence-electron chi connectivity index (χ3n) is 3.66. The third kappa shape index (κ3) is 2.90. The fourth-order valence-electron chi connectivity index (χ4n) is 2.42. The van der Waals surface area contributed by atoms with Crippen LogP contribution in [-0.4, -0.2) is 9.13 Å². The average Bonchev–Trinajstić information content (AvgIpc) is 2.63. The number of nitrogens with zero attached hydrogens (tertiary/aromatic N) is 2. The lowest BCUT2D eigenvalue weighted by Gasteiger charge is -2.16. The average molecular weight is 328 g/mol. The summed E-state index contributed by atoms with van der Waals surface area (Å²) < 4.78 is 30.4. The van der Waals surface area contributed by atoms with Crippen LogP contribution in [0.15, 0.2) is 82.5 Å². The van der Waals surface area contributed by atoms with E-state index in [1.807, 2.05) is 0 Å². The van der Waals surface area contributed by atoms with Crippen LogP contribution in [0.25, 0.3) is 0 Å². The Labute approximate surface area is 136 Å². The molecular weight excluding hydrogens is 314 g/mol. The Kier molecular flexibility index (Phi) is 4.37. The van der Waals surface area contributed by atoms with E-state index in [0.29, 0.717) is 9.13 Å². The quantitative estimate of drug-likeness (QED) is 0.739. The van der Waals surface area contributed by atoms with Gasteiger partial charge in [-0.25, -0.2) is 18.1 Å². The molecule has 0 aliphatic rings. The van der Waals surface area contributed by atoms with Gasteiger partial charge in [0.1, 0.15) is 0 Å². The molecule has 2 atom stereocenters. The molecule has 4 nitrogen and oxygen atoms in total. The molecule has 0 N–H and O–H groups in total. The Morgan fingerprint density at radius 3 is 1.75 bits per heavy atom. The molecule has 0 bridgehead atoms. The number of rotatable bonds is 4. The zero-order valence-corrected chi connectivity index (χ0v) is 12.5. The Hall–Kier alpha value is -3.02. The van der Waals surface area contributed by atoms with E-state index in [9.17, 15) is 18.4 Å². The van der Waals surface area contributed by atoms with E-state index < -0.39 is 23.8 Å². The molecule has 122 valence electrons. The summed E-state index contributed by atoms with van der Waals surface area (Å²) in [6.45, 7) is 0. The van der Waals surface area contributed by atoms with Crippen molar-refractivity contribution in [2.45, 2.75) is 12.6 Å². The minimum atomic E-state index is -1.98. The summed E-state index contributed by atoms with van der Waals surface area (Å²) in [6, 6.07) is 16.8. The number of halogens is 2. The first-order chi connectivity index (χ1) is 11.6. The van der Waals surface area contributed by atoms with Crippen LogP contribution >= 0.6 is 0 Å². The minimum Gasteiger partial charge on any atom is -0.269 e. The maximum absolute atomic E-state index is 14.7. The molecule has 3 aromatic rings. The fraction of sp³-hybridized carbons (Fsp3) is 0.111. The maximum atomic E-state index is 14.7.